The van der Waals surface area contributed by atoms with Gasteiger partial charge in [0.2, 0.25) is 0 Å². The molecule has 0 rings (SSSR count). The van der Waals surface area contributed by atoms with Crippen LogP contribution in [0.2, 0.25) is 0 Å². The fourth-order valence-corrected chi connectivity index (χ4v) is 0. The van der Waals surface area contributed by atoms with Crippen LogP contribution in [0.4, 0.5) is 0 Å². The Balaban J connectivity index is -0.000000000333. The molecule has 0 atom stereocenters. The molecule has 0 aromatic carbocycles. The molecule has 6 heavy (non-hydrogen) atoms. The van der Waals surface area contributed by atoms with Gasteiger partial charge < -0.3 is 14.7 Å². The summed E-state index contributed by atoms with van der Waals surface area (Å²) in [6.45, 7) is 4.75. The largest absolute Gasteiger partial charge is 2.00 e. The Bertz CT molecular complexity index is 26.8. The Morgan fingerprint density at radius 1 is 1.33 bits per heavy atom. The van der Waals surface area contributed by atoms with Gasteiger partial charge in [-0.1, -0.05) is 0 Å². The van der Waals surface area contributed by atoms with Gasteiger partial charge in [-0.3, -0.25) is 0 Å². The van der Waals surface area contributed by atoms with Crippen molar-refractivity contribution >= 4 is 45.5 Å². The summed E-state index contributed by atoms with van der Waals surface area (Å²) in [6.07, 6.45) is 0. The molecule has 0 saturated carbocycles. The third kappa shape index (κ3) is 27.1. The SMILES string of the molecule is [C-]#N.[Co].[Fe].[H-].[H-].[La].[Sr+2]. The van der Waals surface area contributed by atoms with Gasteiger partial charge in [-0.05, 0) is 0 Å². The first kappa shape index (κ1) is 35.1. The van der Waals surface area contributed by atoms with Crippen molar-refractivity contribution in [2.24, 2.45) is 0 Å². The topological polar surface area (TPSA) is 23.8 Å². The molecule has 0 unspecified atom stereocenters. The van der Waals surface area contributed by atoms with Gasteiger partial charge in [0.1, 0.15) is 0 Å². The normalized spacial score (nSPS) is 0.333. The summed E-state index contributed by atoms with van der Waals surface area (Å²) < 4.78 is 0. The maximum Gasteiger partial charge on any atom is 2.00 e. The summed E-state index contributed by atoms with van der Waals surface area (Å²) in [4.78, 5) is 0. The van der Waals surface area contributed by atoms with Crippen LogP contribution in [0.3, 0.4) is 0 Å². The van der Waals surface area contributed by atoms with Crippen LogP contribution >= 0.6 is 0 Å². The monoisotopic (exact) mass is 370 g/mol. The Morgan fingerprint density at radius 2 is 1.33 bits per heavy atom. The van der Waals surface area contributed by atoms with Crippen molar-refractivity contribution < 1.29 is 72.3 Å². The molecule has 0 spiro atoms. The summed E-state index contributed by atoms with van der Waals surface area (Å²) in [5.41, 5.74) is 0. The van der Waals surface area contributed by atoms with Gasteiger partial charge in [0.05, 0.1) is 0 Å². The van der Waals surface area contributed by atoms with Crippen LogP contribution in [0.15, 0.2) is 0 Å². The van der Waals surface area contributed by atoms with E-state index < -0.39 is 0 Å². The van der Waals surface area contributed by atoms with Crippen molar-refractivity contribution in [1.82, 2.24) is 0 Å². The van der Waals surface area contributed by atoms with Crippen LogP contribution in [-0.2, 0) is 33.8 Å². The predicted molar refractivity (Wildman–Crippen MR) is 12.9 cm³/mol. The van der Waals surface area contributed by atoms with E-state index >= 15 is 0 Å². The van der Waals surface area contributed by atoms with E-state index in [1.165, 1.54) is 0 Å². The number of hydrogen-bond donors (Lipinski definition) is 0. The molecule has 0 amide bonds. The van der Waals surface area contributed by atoms with Gasteiger partial charge in [0.15, 0.2) is 0 Å². The molecule has 0 N–H and O–H groups in total. The zero-order valence-corrected chi connectivity index (χ0v) is 12.2. The van der Waals surface area contributed by atoms with E-state index in [-0.39, 0.29) is 118 Å². The van der Waals surface area contributed by atoms with Gasteiger partial charge in [0, 0.05) is 69.4 Å². The number of nitrogens with zero attached hydrogens (tertiary/aromatic N) is 1. The maximum atomic E-state index is 6.25. The molecule has 1 nitrogen and oxygen atoms in total. The fraction of sp³-hybridized carbons (Fsp3) is 0. The molecule has 0 aromatic heterocycles. The molecular formula is CH2CoFeLaNSr-. The molecule has 34 valence electrons. The molecule has 0 bridgehead atoms. The van der Waals surface area contributed by atoms with Crippen molar-refractivity contribution in [3.63, 3.8) is 0 Å². The maximum absolute atomic E-state index is 6.25. The van der Waals surface area contributed by atoms with Gasteiger partial charge in [-0.25, -0.2) is 0 Å². The molecule has 2 radical (unpaired) electrons. The smallest absolute Gasteiger partial charge is 1.00 e. The quantitative estimate of drug-likeness (QED) is 0.434. The van der Waals surface area contributed by atoms with Crippen molar-refractivity contribution in [3.8, 4) is 0 Å². The number of hydrogen-bond acceptors (Lipinski definition) is 1. The van der Waals surface area contributed by atoms with Gasteiger partial charge in [-0.15, -0.1) is 0 Å². The Kier molecular flexibility index (Phi) is 243. The molecule has 0 saturated heterocycles. The summed E-state index contributed by atoms with van der Waals surface area (Å²) in [5, 5.41) is 6.25. The third-order valence-electron chi connectivity index (χ3n) is 0. The Labute approximate surface area is 127 Å². The van der Waals surface area contributed by atoms with Crippen molar-refractivity contribution in [3.05, 3.63) is 6.57 Å². The van der Waals surface area contributed by atoms with Crippen LogP contribution in [0.25, 0.3) is 0 Å². The van der Waals surface area contributed by atoms with Crippen LogP contribution in [0.1, 0.15) is 2.85 Å². The summed E-state index contributed by atoms with van der Waals surface area (Å²) in [7, 11) is 0. The van der Waals surface area contributed by atoms with Crippen molar-refractivity contribution in [2.75, 3.05) is 0 Å². The van der Waals surface area contributed by atoms with E-state index in [2.05, 4.69) is 0 Å². The average molecular weight is 369 g/mol. The average Bonchev–Trinajstić information content (AvgIpc) is 1.00. The predicted octanol–water partition coefficient (Wildman–Crippen LogP) is -0.0644. The van der Waals surface area contributed by atoms with E-state index in [1.807, 2.05) is 0 Å². The van der Waals surface area contributed by atoms with E-state index in [1.54, 1.807) is 0 Å². The standard InChI is InChI=1S/CN.Co.Fe.La.Sr.2H/c1-2;;;;;;/q-1;;;;+2;2*-1. The van der Waals surface area contributed by atoms with E-state index in [0.29, 0.717) is 0 Å². The van der Waals surface area contributed by atoms with Crippen LogP contribution in [-0.4, -0.2) is 45.5 Å². The van der Waals surface area contributed by atoms with Crippen LogP contribution in [0, 0.1) is 47.4 Å². The second-order valence-corrected chi connectivity index (χ2v) is 0. The first-order valence-corrected chi connectivity index (χ1v) is 0.224. The Morgan fingerprint density at radius 3 is 1.33 bits per heavy atom. The molecule has 0 heterocycles. The molecular weight excluding hydrogens is 367 g/mol. The van der Waals surface area contributed by atoms with Gasteiger partial charge >= 0.3 is 45.5 Å². The van der Waals surface area contributed by atoms with Gasteiger partial charge in [-0.2, -0.15) is 0 Å². The molecule has 0 fully saturated rings. The Hall–Kier alpha value is 3.19. The molecule has 0 aliphatic carbocycles. The molecule has 0 aliphatic heterocycles. The van der Waals surface area contributed by atoms with Crippen LogP contribution < -0.4 is 0 Å². The third-order valence-corrected chi connectivity index (χ3v) is 0. The summed E-state index contributed by atoms with van der Waals surface area (Å²) in [5.74, 6) is 0. The number of rotatable bonds is 0. The first-order chi connectivity index (χ1) is 1.00. The summed E-state index contributed by atoms with van der Waals surface area (Å²) >= 11 is 0. The van der Waals surface area contributed by atoms with E-state index in [4.69, 9.17) is 11.8 Å². The second-order valence-electron chi connectivity index (χ2n) is 0. The fourth-order valence-electron chi connectivity index (χ4n) is 0. The minimum atomic E-state index is 0. The molecule has 0 aromatic rings. The first-order valence-electron chi connectivity index (χ1n) is 0.224. The minimum Gasteiger partial charge on any atom is -1.00 e. The van der Waals surface area contributed by atoms with Gasteiger partial charge in [0.25, 0.3) is 0 Å². The van der Waals surface area contributed by atoms with E-state index in [9.17, 15) is 0 Å². The van der Waals surface area contributed by atoms with Crippen molar-refractivity contribution in [2.45, 2.75) is 0 Å². The summed E-state index contributed by atoms with van der Waals surface area (Å²) in [6, 6.07) is 0. The van der Waals surface area contributed by atoms with Crippen molar-refractivity contribution in [1.29, 1.82) is 5.26 Å². The van der Waals surface area contributed by atoms with Crippen LogP contribution in [0.5, 0.6) is 0 Å². The molecule has 5 heteroatoms. The minimum absolute atomic E-state index is 0. The second kappa shape index (κ2) is 41.6. The zero-order chi connectivity index (χ0) is 2.00. The molecule has 0 aliphatic rings. The zero-order valence-electron chi connectivity index (χ0n) is 4.92. The van der Waals surface area contributed by atoms with E-state index in [0.717, 1.165) is 0 Å².